The first kappa shape index (κ1) is 5.36. The van der Waals surface area contributed by atoms with Gasteiger partial charge < -0.3 is 10.2 Å². The van der Waals surface area contributed by atoms with Crippen LogP contribution in [-0.2, 0) is 12.8 Å². The molecule has 1 aliphatic rings. The minimum Gasteiger partial charge on any atom is -0.444 e. The van der Waals surface area contributed by atoms with Crippen molar-refractivity contribution in [1.29, 1.82) is 5.26 Å². The van der Waals surface area contributed by atoms with E-state index in [1.165, 1.54) is 0 Å². The van der Waals surface area contributed by atoms with Gasteiger partial charge in [0.2, 0.25) is 5.88 Å². The average molecular weight is 134 g/mol. The first-order valence-corrected chi connectivity index (χ1v) is 3.13. The number of nitrogens with zero attached hydrogens (tertiary/aromatic N) is 1. The van der Waals surface area contributed by atoms with Gasteiger partial charge in [-0.25, -0.2) is 0 Å². The van der Waals surface area contributed by atoms with Crippen molar-refractivity contribution in [3.63, 3.8) is 0 Å². The molecule has 1 heterocycles. The van der Waals surface area contributed by atoms with Crippen molar-refractivity contribution in [2.75, 3.05) is 5.73 Å². The second-order valence-electron chi connectivity index (χ2n) is 2.35. The van der Waals surface area contributed by atoms with Crippen LogP contribution in [0.4, 0.5) is 5.88 Å². The lowest BCUT2D eigenvalue weighted by Crippen LogP contribution is -2.05. The van der Waals surface area contributed by atoms with E-state index in [1.807, 2.05) is 6.07 Å². The largest absolute Gasteiger partial charge is 0.444 e. The van der Waals surface area contributed by atoms with E-state index in [0.717, 1.165) is 24.2 Å². The van der Waals surface area contributed by atoms with Gasteiger partial charge >= 0.3 is 0 Å². The van der Waals surface area contributed by atoms with Gasteiger partial charge in [-0.05, 0) is 6.42 Å². The molecule has 0 amide bonds. The monoisotopic (exact) mass is 134 g/mol. The van der Waals surface area contributed by atoms with Gasteiger partial charge in [0.05, 0.1) is 0 Å². The van der Waals surface area contributed by atoms with Gasteiger partial charge in [-0.1, -0.05) is 0 Å². The van der Waals surface area contributed by atoms with E-state index in [4.69, 9.17) is 15.4 Å². The summed E-state index contributed by atoms with van der Waals surface area (Å²) in [6.07, 6.45) is 1.88. The Morgan fingerprint density at radius 2 is 2.30 bits per heavy atom. The Hall–Kier alpha value is -1.43. The summed E-state index contributed by atoms with van der Waals surface area (Å²) in [5, 5.41) is 8.56. The summed E-state index contributed by atoms with van der Waals surface area (Å²) in [5.74, 6) is 1.18. The third-order valence-corrected chi connectivity index (χ3v) is 1.83. The first-order valence-electron chi connectivity index (χ1n) is 3.13. The predicted molar refractivity (Wildman–Crippen MR) is 35.2 cm³/mol. The smallest absolute Gasteiger partial charge is 0.208 e. The number of nitrogen functional groups attached to an aromatic ring is 1. The summed E-state index contributed by atoms with van der Waals surface area (Å²) >= 11 is 0. The molecule has 0 spiro atoms. The number of rotatable bonds is 0. The topological polar surface area (TPSA) is 63.0 Å². The molecule has 0 aromatic carbocycles. The molecule has 0 aliphatic heterocycles. The quantitative estimate of drug-likeness (QED) is 0.571. The van der Waals surface area contributed by atoms with Crippen LogP contribution in [0.1, 0.15) is 16.9 Å². The summed E-state index contributed by atoms with van der Waals surface area (Å²) in [4.78, 5) is 0. The lowest BCUT2D eigenvalue weighted by molar-refractivity contribution is 0.494. The highest BCUT2D eigenvalue weighted by atomic mass is 16.4. The molecular formula is C7H6N2O. The van der Waals surface area contributed by atoms with Crippen molar-refractivity contribution in [1.82, 2.24) is 0 Å². The number of aryl methyl sites for hydroxylation is 1. The van der Waals surface area contributed by atoms with E-state index in [-0.39, 0.29) is 5.88 Å². The second kappa shape index (κ2) is 1.54. The van der Waals surface area contributed by atoms with Gasteiger partial charge in [0.1, 0.15) is 17.4 Å². The second-order valence-corrected chi connectivity index (χ2v) is 2.35. The van der Waals surface area contributed by atoms with Crippen LogP contribution < -0.4 is 5.73 Å². The van der Waals surface area contributed by atoms with E-state index in [0.29, 0.717) is 5.56 Å². The maximum absolute atomic E-state index is 8.56. The molecule has 1 aromatic heterocycles. The summed E-state index contributed by atoms with van der Waals surface area (Å²) in [6, 6.07) is 2.02. The lowest BCUT2D eigenvalue weighted by Gasteiger charge is -2.08. The first-order chi connectivity index (χ1) is 4.83. The zero-order valence-corrected chi connectivity index (χ0v) is 5.35. The number of furan rings is 1. The fraction of sp³-hybridized carbons (Fsp3) is 0.286. The molecular weight excluding hydrogens is 128 g/mol. The third kappa shape index (κ3) is 0.438. The number of hydrogen-bond acceptors (Lipinski definition) is 3. The zero-order chi connectivity index (χ0) is 7.14. The van der Waals surface area contributed by atoms with E-state index in [1.54, 1.807) is 0 Å². The highest BCUT2D eigenvalue weighted by molar-refractivity contribution is 5.56. The Morgan fingerprint density at radius 3 is 2.60 bits per heavy atom. The number of nitrogens with two attached hydrogens (primary N) is 1. The van der Waals surface area contributed by atoms with Crippen LogP contribution in [0.15, 0.2) is 4.42 Å². The molecule has 0 bridgehead atoms. The fourth-order valence-electron chi connectivity index (χ4n) is 1.18. The molecule has 3 nitrogen and oxygen atoms in total. The SMILES string of the molecule is N#Cc1c(N)oc2c1CC2. The van der Waals surface area contributed by atoms with Crippen LogP contribution >= 0.6 is 0 Å². The minimum absolute atomic E-state index is 0.282. The molecule has 0 saturated carbocycles. The average Bonchev–Trinajstić information content (AvgIpc) is 2.09. The van der Waals surface area contributed by atoms with Crippen LogP contribution in [0.2, 0.25) is 0 Å². The fourth-order valence-corrected chi connectivity index (χ4v) is 1.18. The Balaban J connectivity index is 2.68. The van der Waals surface area contributed by atoms with E-state index in [2.05, 4.69) is 0 Å². The van der Waals surface area contributed by atoms with Crippen LogP contribution in [0, 0.1) is 11.3 Å². The summed E-state index contributed by atoms with van der Waals surface area (Å²) in [5.41, 5.74) is 6.96. The molecule has 1 aliphatic carbocycles. The van der Waals surface area contributed by atoms with Gasteiger partial charge in [0.25, 0.3) is 0 Å². The lowest BCUT2D eigenvalue weighted by atomic mass is 9.94. The summed E-state index contributed by atoms with van der Waals surface area (Å²) < 4.78 is 5.08. The summed E-state index contributed by atoms with van der Waals surface area (Å²) in [7, 11) is 0. The van der Waals surface area contributed by atoms with Gasteiger partial charge in [-0.15, -0.1) is 0 Å². The third-order valence-electron chi connectivity index (χ3n) is 1.83. The van der Waals surface area contributed by atoms with Crippen molar-refractivity contribution in [2.24, 2.45) is 0 Å². The molecule has 1 aromatic rings. The van der Waals surface area contributed by atoms with E-state index >= 15 is 0 Å². The van der Waals surface area contributed by atoms with Crippen molar-refractivity contribution in [2.45, 2.75) is 12.8 Å². The summed E-state index contributed by atoms with van der Waals surface area (Å²) in [6.45, 7) is 0. The van der Waals surface area contributed by atoms with E-state index in [9.17, 15) is 0 Å². The Morgan fingerprint density at radius 1 is 1.50 bits per heavy atom. The Labute approximate surface area is 58.0 Å². The number of hydrogen-bond donors (Lipinski definition) is 1. The standard InChI is InChI=1S/C7H6N2O/c8-3-5-4-1-2-6(4)10-7(5)9/h1-2,9H2. The molecule has 0 saturated heterocycles. The molecule has 2 N–H and O–H groups in total. The molecule has 10 heavy (non-hydrogen) atoms. The van der Waals surface area contributed by atoms with Gasteiger partial charge in [-0.2, -0.15) is 5.26 Å². The Bertz CT molecular complexity index is 319. The maximum Gasteiger partial charge on any atom is 0.208 e. The van der Waals surface area contributed by atoms with Gasteiger partial charge in [-0.3, -0.25) is 0 Å². The molecule has 0 atom stereocenters. The Kier molecular flexibility index (Phi) is 0.825. The van der Waals surface area contributed by atoms with Crippen molar-refractivity contribution < 1.29 is 4.42 Å². The molecule has 0 unspecified atom stereocenters. The highest BCUT2D eigenvalue weighted by Gasteiger charge is 2.24. The van der Waals surface area contributed by atoms with Crippen LogP contribution in [0.3, 0.4) is 0 Å². The van der Waals surface area contributed by atoms with Gasteiger partial charge in [0, 0.05) is 12.0 Å². The number of nitriles is 1. The number of fused-ring (bicyclic) bond motifs is 1. The molecule has 2 rings (SSSR count). The number of anilines is 1. The highest BCUT2D eigenvalue weighted by Crippen LogP contribution is 2.32. The minimum atomic E-state index is 0.282. The van der Waals surface area contributed by atoms with Crippen molar-refractivity contribution in [3.05, 3.63) is 16.9 Å². The zero-order valence-electron chi connectivity index (χ0n) is 5.35. The molecule has 50 valence electrons. The normalized spacial score (nSPS) is 13.5. The molecule has 0 fully saturated rings. The predicted octanol–water partition coefficient (Wildman–Crippen LogP) is 0.832. The van der Waals surface area contributed by atoms with Crippen molar-refractivity contribution in [3.8, 4) is 6.07 Å². The van der Waals surface area contributed by atoms with Gasteiger partial charge in [0.15, 0.2) is 0 Å². The van der Waals surface area contributed by atoms with Crippen LogP contribution in [-0.4, -0.2) is 0 Å². The van der Waals surface area contributed by atoms with Crippen LogP contribution in [0.25, 0.3) is 0 Å². The van der Waals surface area contributed by atoms with Crippen molar-refractivity contribution >= 4 is 5.88 Å². The van der Waals surface area contributed by atoms with E-state index < -0.39 is 0 Å². The van der Waals surface area contributed by atoms with Crippen LogP contribution in [0.5, 0.6) is 0 Å². The molecule has 0 radical (unpaired) electrons. The molecule has 3 heteroatoms. The maximum atomic E-state index is 8.56.